The maximum absolute atomic E-state index is 9.33. The summed E-state index contributed by atoms with van der Waals surface area (Å²) in [5.74, 6) is 0. The van der Waals surface area contributed by atoms with Crippen LogP contribution in [0, 0.1) is 0 Å². The van der Waals surface area contributed by atoms with E-state index in [1.165, 1.54) is 0 Å². The predicted octanol–water partition coefficient (Wildman–Crippen LogP) is -0.826. The zero-order chi connectivity index (χ0) is 15.1. The lowest BCUT2D eigenvalue weighted by atomic mass is 9.78. The lowest BCUT2D eigenvalue weighted by molar-refractivity contribution is 0.424. The Bertz CT molecular complexity index is 748. The molecule has 0 aliphatic rings. The maximum atomic E-state index is 9.33. The van der Waals surface area contributed by atoms with E-state index in [0.29, 0.717) is 10.9 Å². The van der Waals surface area contributed by atoms with Gasteiger partial charge in [0.05, 0.1) is 0 Å². The summed E-state index contributed by atoms with van der Waals surface area (Å²) in [5.41, 5.74) is 2.77. The summed E-state index contributed by atoms with van der Waals surface area (Å²) in [6.07, 6.45) is 0. The molecule has 0 bridgehead atoms. The van der Waals surface area contributed by atoms with Crippen molar-refractivity contribution in [3.63, 3.8) is 0 Å². The third kappa shape index (κ3) is 2.24. The Hall–Kier alpha value is -1.79. The highest BCUT2D eigenvalue weighted by Crippen LogP contribution is 2.27. The molecule has 0 radical (unpaired) electrons. The zero-order valence-electron chi connectivity index (χ0n) is 11.6. The molecule has 0 unspecified atom stereocenters. The quantitative estimate of drug-likeness (QED) is 0.473. The topological polar surface area (TPSA) is 85.9 Å². The molecule has 1 aromatic heterocycles. The van der Waals surface area contributed by atoms with Crippen molar-refractivity contribution in [2.75, 3.05) is 0 Å². The Morgan fingerprint density at radius 3 is 1.57 bits per heavy atom. The molecule has 106 valence electrons. The van der Waals surface area contributed by atoms with Crippen LogP contribution in [0.15, 0.2) is 36.4 Å². The van der Waals surface area contributed by atoms with E-state index in [1.807, 2.05) is 19.1 Å². The van der Waals surface area contributed by atoms with Crippen LogP contribution in [0.25, 0.3) is 21.8 Å². The molecule has 5 nitrogen and oxygen atoms in total. The van der Waals surface area contributed by atoms with Gasteiger partial charge in [0.25, 0.3) is 0 Å². The van der Waals surface area contributed by atoms with Crippen LogP contribution in [0.5, 0.6) is 0 Å². The first kappa shape index (κ1) is 14.2. The minimum absolute atomic E-state index is 0.410. The highest BCUT2D eigenvalue weighted by Gasteiger charge is 2.17. The van der Waals surface area contributed by atoms with E-state index in [0.717, 1.165) is 28.4 Å². The number of aryl methyl sites for hydroxylation is 1. The van der Waals surface area contributed by atoms with Crippen LogP contribution in [-0.4, -0.2) is 38.9 Å². The maximum Gasteiger partial charge on any atom is 0.488 e. The van der Waals surface area contributed by atoms with Gasteiger partial charge in [-0.05, 0) is 30.0 Å². The molecule has 0 amide bonds. The molecule has 0 atom stereocenters. The molecule has 0 aliphatic heterocycles. The molecule has 7 heteroatoms. The molecule has 0 fully saturated rings. The Kier molecular flexibility index (Phi) is 3.51. The number of hydrogen-bond donors (Lipinski definition) is 4. The third-order valence-corrected chi connectivity index (χ3v) is 3.83. The van der Waals surface area contributed by atoms with Crippen LogP contribution in [0.3, 0.4) is 0 Å². The van der Waals surface area contributed by atoms with Gasteiger partial charge in [-0.1, -0.05) is 24.3 Å². The van der Waals surface area contributed by atoms with Gasteiger partial charge in [0.15, 0.2) is 0 Å². The van der Waals surface area contributed by atoms with Gasteiger partial charge >= 0.3 is 14.2 Å². The summed E-state index contributed by atoms with van der Waals surface area (Å²) in [6.45, 7) is 2.80. The van der Waals surface area contributed by atoms with Crippen molar-refractivity contribution < 1.29 is 20.1 Å². The number of rotatable bonds is 3. The molecule has 1 heterocycles. The largest absolute Gasteiger partial charge is 0.488 e. The summed E-state index contributed by atoms with van der Waals surface area (Å²) in [4.78, 5) is 0. The standard InChI is InChI=1S/C14H15B2NO4/c1-2-17-13-5-3-9(15(18)19)7-11(13)12-8-10(16(20)21)4-6-14(12)17/h3-8,18-21H,2H2,1H3. The highest BCUT2D eigenvalue weighted by molar-refractivity contribution is 6.59. The fourth-order valence-corrected chi connectivity index (χ4v) is 2.80. The van der Waals surface area contributed by atoms with Crippen LogP contribution in [0.4, 0.5) is 0 Å². The average Bonchev–Trinajstić information content (AvgIpc) is 2.79. The van der Waals surface area contributed by atoms with Gasteiger partial charge in [-0.25, -0.2) is 0 Å². The minimum Gasteiger partial charge on any atom is -0.423 e. The molecule has 3 rings (SSSR count). The Balaban J connectivity index is 2.39. The molecular weight excluding hydrogens is 268 g/mol. The Morgan fingerprint density at radius 1 is 0.810 bits per heavy atom. The number of benzene rings is 2. The van der Waals surface area contributed by atoms with E-state index < -0.39 is 14.2 Å². The zero-order valence-corrected chi connectivity index (χ0v) is 11.6. The van der Waals surface area contributed by atoms with Crippen molar-refractivity contribution >= 4 is 47.0 Å². The first-order valence-corrected chi connectivity index (χ1v) is 6.81. The van der Waals surface area contributed by atoms with E-state index >= 15 is 0 Å². The van der Waals surface area contributed by atoms with Crippen molar-refractivity contribution in [3.05, 3.63) is 36.4 Å². The fourth-order valence-electron chi connectivity index (χ4n) is 2.80. The SMILES string of the molecule is CCn1c2ccc(B(O)O)cc2c2cc(B(O)O)ccc21. The molecule has 2 aromatic carbocycles. The van der Waals surface area contributed by atoms with Crippen LogP contribution < -0.4 is 10.9 Å². The van der Waals surface area contributed by atoms with Gasteiger partial charge in [0.2, 0.25) is 0 Å². The lowest BCUT2D eigenvalue weighted by Gasteiger charge is -2.04. The smallest absolute Gasteiger partial charge is 0.423 e. The Morgan fingerprint density at radius 2 is 1.24 bits per heavy atom. The number of hydrogen-bond acceptors (Lipinski definition) is 4. The van der Waals surface area contributed by atoms with E-state index in [1.54, 1.807) is 24.3 Å². The van der Waals surface area contributed by atoms with Gasteiger partial charge in [-0.15, -0.1) is 0 Å². The van der Waals surface area contributed by atoms with E-state index in [-0.39, 0.29) is 0 Å². The van der Waals surface area contributed by atoms with Gasteiger partial charge in [-0.3, -0.25) is 0 Å². The molecule has 4 N–H and O–H groups in total. The van der Waals surface area contributed by atoms with Crippen LogP contribution in [-0.2, 0) is 6.54 Å². The molecule has 21 heavy (non-hydrogen) atoms. The second-order valence-corrected chi connectivity index (χ2v) is 5.04. The number of nitrogens with zero attached hydrogens (tertiary/aromatic N) is 1. The molecule has 0 spiro atoms. The second kappa shape index (κ2) is 5.20. The average molecular weight is 283 g/mol. The van der Waals surface area contributed by atoms with Crippen molar-refractivity contribution in [2.45, 2.75) is 13.5 Å². The Labute approximate surface area is 122 Å². The molecule has 0 saturated heterocycles. The van der Waals surface area contributed by atoms with E-state index in [4.69, 9.17) is 0 Å². The number of fused-ring (bicyclic) bond motifs is 3. The van der Waals surface area contributed by atoms with Crippen molar-refractivity contribution in [3.8, 4) is 0 Å². The van der Waals surface area contributed by atoms with E-state index in [2.05, 4.69) is 4.57 Å². The summed E-state index contributed by atoms with van der Waals surface area (Å²) in [7, 11) is -3.05. The highest BCUT2D eigenvalue weighted by atomic mass is 16.4. The van der Waals surface area contributed by atoms with Crippen molar-refractivity contribution in [1.82, 2.24) is 4.57 Å². The van der Waals surface area contributed by atoms with Crippen molar-refractivity contribution in [1.29, 1.82) is 0 Å². The van der Waals surface area contributed by atoms with Gasteiger partial charge in [0.1, 0.15) is 0 Å². The van der Waals surface area contributed by atoms with Crippen LogP contribution in [0.2, 0.25) is 0 Å². The third-order valence-electron chi connectivity index (χ3n) is 3.83. The van der Waals surface area contributed by atoms with Gasteiger partial charge in [-0.2, -0.15) is 0 Å². The second-order valence-electron chi connectivity index (χ2n) is 5.04. The van der Waals surface area contributed by atoms with E-state index in [9.17, 15) is 20.1 Å². The van der Waals surface area contributed by atoms with Gasteiger partial charge < -0.3 is 24.7 Å². The lowest BCUT2D eigenvalue weighted by Crippen LogP contribution is -2.29. The van der Waals surface area contributed by atoms with Crippen molar-refractivity contribution in [2.24, 2.45) is 0 Å². The summed E-state index contributed by atoms with van der Waals surface area (Å²) in [5, 5.41) is 39.0. The fraction of sp³-hybridized carbons (Fsp3) is 0.143. The van der Waals surface area contributed by atoms with Crippen LogP contribution in [0.1, 0.15) is 6.92 Å². The van der Waals surface area contributed by atoms with Gasteiger partial charge in [0, 0.05) is 28.4 Å². The normalized spacial score (nSPS) is 11.3. The number of aromatic nitrogens is 1. The first-order valence-electron chi connectivity index (χ1n) is 6.81. The summed E-state index contributed by atoms with van der Waals surface area (Å²) in [6, 6.07) is 10.5. The summed E-state index contributed by atoms with van der Waals surface area (Å²) >= 11 is 0. The molecule has 3 aromatic rings. The minimum atomic E-state index is -1.53. The monoisotopic (exact) mass is 283 g/mol. The summed E-state index contributed by atoms with van der Waals surface area (Å²) < 4.78 is 2.10. The predicted molar refractivity (Wildman–Crippen MR) is 84.8 cm³/mol. The molecule has 0 aliphatic carbocycles. The molecular formula is C14H15B2NO4. The van der Waals surface area contributed by atoms with Crippen LogP contribution >= 0.6 is 0 Å². The molecule has 0 saturated carbocycles. The first-order chi connectivity index (χ1) is 10.0.